The first-order valence-corrected chi connectivity index (χ1v) is 11.1. The molecule has 0 saturated carbocycles. The highest BCUT2D eigenvalue weighted by Gasteiger charge is 2.48. The van der Waals surface area contributed by atoms with Crippen LogP contribution in [0.2, 0.25) is 0 Å². The van der Waals surface area contributed by atoms with Gasteiger partial charge in [0.15, 0.2) is 0 Å². The van der Waals surface area contributed by atoms with Gasteiger partial charge in [-0.05, 0) is 24.1 Å². The van der Waals surface area contributed by atoms with E-state index in [-0.39, 0.29) is 32.0 Å². The van der Waals surface area contributed by atoms with Crippen molar-refractivity contribution in [1.29, 1.82) is 0 Å². The van der Waals surface area contributed by atoms with E-state index in [2.05, 4.69) is 0 Å². The summed E-state index contributed by atoms with van der Waals surface area (Å²) in [7, 11) is -4.19. The minimum Gasteiger partial charge on any atom is -0.379 e. The monoisotopic (exact) mass is 436 g/mol. The number of carbonyl (C=O) groups excluding carboxylic acids is 1. The summed E-state index contributed by atoms with van der Waals surface area (Å²) in [5, 5.41) is 0. The van der Waals surface area contributed by atoms with E-state index < -0.39 is 32.1 Å². The van der Waals surface area contributed by atoms with Gasteiger partial charge < -0.3 is 9.64 Å². The Kier molecular flexibility index (Phi) is 5.61. The highest BCUT2D eigenvalue weighted by molar-refractivity contribution is 7.89. The van der Waals surface area contributed by atoms with Crippen molar-refractivity contribution >= 4 is 15.9 Å². The van der Waals surface area contributed by atoms with Crippen molar-refractivity contribution in [3.63, 3.8) is 0 Å². The molecule has 2 aromatic rings. The Bertz CT molecular complexity index is 1020. The smallest absolute Gasteiger partial charge is 0.243 e. The molecule has 160 valence electrons. The lowest BCUT2D eigenvalue weighted by Crippen LogP contribution is -2.56. The van der Waals surface area contributed by atoms with E-state index >= 15 is 0 Å². The summed E-state index contributed by atoms with van der Waals surface area (Å²) >= 11 is 0. The zero-order valence-corrected chi connectivity index (χ0v) is 17.1. The highest BCUT2D eigenvalue weighted by atomic mass is 32.2. The van der Waals surface area contributed by atoms with Crippen LogP contribution in [0.1, 0.15) is 18.4 Å². The molecule has 2 saturated heterocycles. The first kappa shape index (κ1) is 20.9. The van der Waals surface area contributed by atoms with Gasteiger partial charge in [0, 0.05) is 38.7 Å². The molecule has 30 heavy (non-hydrogen) atoms. The number of halogens is 2. The molecule has 0 radical (unpaired) electrons. The molecule has 4 rings (SSSR count). The van der Waals surface area contributed by atoms with Crippen LogP contribution in [0.25, 0.3) is 0 Å². The van der Waals surface area contributed by atoms with E-state index in [4.69, 9.17) is 4.74 Å². The lowest BCUT2D eigenvalue weighted by molar-refractivity contribution is -0.137. The Hall–Kier alpha value is -2.36. The van der Waals surface area contributed by atoms with E-state index in [1.54, 1.807) is 4.90 Å². The molecule has 2 aliphatic rings. The molecule has 1 atom stereocenters. The third kappa shape index (κ3) is 3.97. The van der Waals surface area contributed by atoms with Crippen LogP contribution in [0.3, 0.4) is 0 Å². The summed E-state index contributed by atoms with van der Waals surface area (Å²) in [5.74, 6) is -2.11. The van der Waals surface area contributed by atoms with Crippen molar-refractivity contribution in [3.8, 4) is 0 Å². The van der Waals surface area contributed by atoms with Crippen LogP contribution in [-0.2, 0) is 26.1 Å². The summed E-state index contributed by atoms with van der Waals surface area (Å²) < 4.78 is 60.4. The Labute approximate surface area is 174 Å². The van der Waals surface area contributed by atoms with Gasteiger partial charge >= 0.3 is 0 Å². The summed E-state index contributed by atoms with van der Waals surface area (Å²) in [6.45, 7) is 0.889. The Morgan fingerprint density at radius 3 is 2.40 bits per heavy atom. The fourth-order valence-corrected chi connectivity index (χ4v) is 5.66. The third-order valence-corrected chi connectivity index (χ3v) is 7.48. The molecular weight excluding hydrogens is 414 g/mol. The molecule has 0 N–H and O–H groups in total. The first-order valence-electron chi connectivity index (χ1n) is 9.69. The minimum atomic E-state index is -4.19. The van der Waals surface area contributed by atoms with Gasteiger partial charge in [-0.25, -0.2) is 17.2 Å². The molecule has 1 unspecified atom stereocenters. The van der Waals surface area contributed by atoms with Crippen LogP contribution < -0.4 is 0 Å². The molecule has 9 heteroatoms. The van der Waals surface area contributed by atoms with Gasteiger partial charge in [0.2, 0.25) is 15.9 Å². The van der Waals surface area contributed by atoms with Crippen molar-refractivity contribution in [3.05, 3.63) is 65.7 Å². The zero-order valence-electron chi connectivity index (χ0n) is 16.3. The fraction of sp³-hybridized carbons (Fsp3) is 0.381. The normalized spacial score (nSPS) is 23.1. The van der Waals surface area contributed by atoms with Crippen molar-refractivity contribution in [2.24, 2.45) is 0 Å². The molecule has 2 fully saturated rings. The lowest BCUT2D eigenvalue weighted by atomic mass is 9.95. The first-order chi connectivity index (χ1) is 14.3. The fourth-order valence-electron chi connectivity index (χ4n) is 4.10. The predicted octanol–water partition coefficient (Wildman–Crippen LogP) is 2.55. The predicted molar refractivity (Wildman–Crippen MR) is 105 cm³/mol. The van der Waals surface area contributed by atoms with E-state index in [1.807, 2.05) is 30.3 Å². The number of nitrogens with zero attached hydrogens (tertiary/aromatic N) is 2. The second-order valence-corrected chi connectivity index (χ2v) is 9.62. The number of ether oxygens (including phenoxy) is 1. The average Bonchev–Trinajstić information content (AvgIpc) is 3.13. The summed E-state index contributed by atoms with van der Waals surface area (Å²) in [5.41, 5.74) is 0.100. The topological polar surface area (TPSA) is 66.9 Å². The standard InChI is InChI=1S/C21H22F2N2O4S/c22-17-10-18(23)12-19(11-17)30(27,28)24-8-6-20(26)25(13-16-4-2-1-3-5-16)21(14-24)7-9-29-15-21/h1-5,10-12H,6-9,13-15H2. The maximum Gasteiger partial charge on any atom is 0.243 e. The van der Waals surface area contributed by atoms with Crippen LogP contribution in [0.5, 0.6) is 0 Å². The SMILES string of the molecule is O=C1CCN(S(=O)(=O)c2cc(F)cc(F)c2)CC2(CCOC2)N1Cc1ccccc1. The van der Waals surface area contributed by atoms with Crippen LogP contribution in [0.4, 0.5) is 8.78 Å². The van der Waals surface area contributed by atoms with Crippen molar-refractivity contribution in [1.82, 2.24) is 9.21 Å². The second kappa shape index (κ2) is 8.05. The van der Waals surface area contributed by atoms with Crippen LogP contribution >= 0.6 is 0 Å². The van der Waals surface area contributed by atoms with Crippen LogP contribution in [0.15, 0.2) is 53.4 Å². The maximum atomic E-state index is 13.7. The number of hydrogen-bond donors (Lipinski definition) is 0. The average molecular weight is 436 g/mol. The lowest BCUT2D eigenvalue weighted by Gasteiger charge is -2.40. The van der Waals surface area contributed by atoms with Crippen LogP contribution in [0, 0.1) is 11.6 Å². The van der Waals surface area contributed by atoms with Gasteiger partial charge in [0.05, 0.1) is 17.0 Å². The Balaban J connectivity index is 1.69. The van der Waals surface area contributed by atoms with Crippen molar-refractivity contribution in [2.75, 3.05) is 26.3 Å². The van der Waals surface area contributed by atoms with Crippen LogP contribution in [-0.4, -0.2) is 55.4 Å². The van der Waals surface area contributed by atoms with Gasteiger partial charge in [-0.3, -0.25) is 4.79 Å². The molecule has 1 spiro atoms. The summed E-state index contributed by atoms with van der Waals surface area (Å²) in [6.07, 6.45) is 0.459. The summed E-state index contributed by atoms with van der Waals surface area (Å²) in [4.78, 5) is 14.3. The Morgan fingerprint density at radius 2 is 1.77 bits per heavy atom. The number of hydrogen-bond acceptors (Lipinski definition) is 4. The zero-order chi connectivity index (χ0) is 21.4. The minimum absolute atomic E-state index is 0.00599. The molecular formula is C21H22F2N2O4S. The molecule has 2 aromatic carbocycles. The number of sulfonamides is 1. The molecule has 0 bridgehead atoms. The highest BCUT2D eigenvalue weighted by Crippen LogP contribution is 2.34. The number of amides is 1. The largest absolute Gasteiger partial charge is 0.379 e. The van der Waals surface area contributed by atoms with Gasteiger partial charge in [0.1, 0.15) is 11.6 Å². The molecule has 2 aliphatic heterocycles. The van der Waals surface area contributed by atoms with E-state index in [9.17, 15) is 22.0 Å². The van der Waals surface area contributed by atoms with E-state index in [0.717, 1.165) is 22.0 Å². The second-order valence-electron chi connectivity index (χ2n) is 7.69. The molecule has 0 aliphatic carbocycles. The van der Waals surface area contributed by atoms with E-state index in [1.165, 1.54) is 0 Å². The molecule has 0 aromatic heterocycles. The van der Waals surface area contributed by atoms with Crippen molar-refractivity contribution in [2.45, 2.75) is 29.8 Å². The number of benzene rings is 2. The van der Waals surface area contributed by atoms with Gasteiger partial charge in [-0.2, -0.15) is 4.31 Å². The Morgan fingerprint density at radius 1 is 1.07 bits per heavy atom. The summed E-state index contributed by atoms with van der Waals surface area (Å²) in [6, 6.07) is 11.7. The number of rotatable bonds is 4. The van der Waals surface area contributed by atoms with Gasteiger partial charge in [0.25, 0.3) is 0 Å². The quantitative estimate of drug-likeness (QED) is 0.739. The molecule has 2 heterocycles. The van der Waals surface area contributed by atoms with E-state index in [0.29, 0.717) is 25.6 Å². The third-order valence-electron chi connectivity index (χ3n) is 5.66. The van der Waals surface area contributed by atoms with Gasteiger partial charge in [-0.1, -0.05) is 30.3 Å². The molecule has 6 nitrogen and oxygen atoms in total. The van der Waals surface area contributed by atoms with Crippen molar-refractivity contribution < 1.29 is 26.7 Å². The maximum absolute atomic E-state index is 13.7. The van der Waals surface area contributed by atoms with Gasteiger partial charge in [-0.15, -0.1) is 0 Å². The number of carbonyl (C=O) groups is 1. The molecule has 1 amide bonds.